The Morgan fingerprint density at radius 2 is 1.75 bits per heavy atom. The number of nitrogens with zero attached hydrogens (tertiary/aromatic N) is 4. The Hall–Kier alpha value is -2.32. The molecule has 1 N–H and O–H groups in total. The van der Waals surface area contributed by atoms with Gasteiger partial charge in [0.2, 0.25) is 0 Å². The highest BCUT2D eigenvalue weighted by Gasteiger charge is 2.28. The van der Waals surface area contributed by atoms with Crippen LogP contribution in [0.1, 0.15) is 50.5 Å². The first-order valence-corrected chi connectivity index (χ1v) is 12.1. The van der Waals surface area contributed by atoms with Crippen molar-refractivity contribution in [2.24, 2.45) is 0 Å². The molecule has 0 atom stereocenters. The molecule has 0 saturated carbocycles. The maximum Gasteiger partial charge on any atom is 0.319 e. The van der Waals surface area contributed by atoms with Crippen molar-refractivity contribution in [3.63, 3.8) is 0 Å². The van der Waals surface area contributed by atoms with E-state index in [9.17, 15) is 14.7 Å². The Labute approximate surface area is 194 Å². The smallest absolute Gasteiger partial charge is 0.319 e. The molecule has 2 aromatic rings. The van der Waals surface area contributed by atoms with Crippen molar-refractivity contribution >= 4 is 23.6 Å². The van der Waals surface area contributed by atoms with Crippen LogP contribution in [0.2, 0.25) is 0 Å². The number of aliphatic carboxylic acids is 1. The van der Waals surface area contributed by atoms with Crippen molar-refractivity contribution in [1.29, 1.82) is 0 Å². The number of imidazole rings is 1. The van der Waals surface area contributed by atoms with Gasteiger partial charge in [0, 0.05) is 49.4 Å². The summed E-state index contributed by atoms with van der Waals surface area (Å²) in [5.41, 5.74) is 1.42. The van der Waals surface area contributed by atoms with E-state index in [0.29, 0.717) is 5.69 Å². The van der Waals surface area contributed by atoms with Crippen LogP contribution in [0, 0.1) is 0 Å². The van der Waals surface area contributed by atoms with E-state index in [0.717, 1.165) is 68.3 Å². The number of hydrogen-bond donors (Lipinski definition) is 1. The summed E-state index contributed by atoms with van der Waals surface area (Å²) in [7, 11) is 2.07. The molecule has 3 rings (SSSR count). The van der Waals surface area contributed by atoms with Crippen molar-refractivity contribution in [3.05, 3.63) is 36.2 Å². The highest BCUT2D eigenvalue weighted by Crippen LogP contribution is 2.34. The molecule has 1 saturated heterocycles. The number of thioether (sulfide) groups is 1. The van der Waals surface area contributed by atoms with E-state index in [2.05, 4.69) is 23.4 Å². The third-order valence-corrected chi connectivity index (χ3v) is 6.98. The number of rotatable bonds is 9. The second kappa shape index (κ2) is 10.5. The van der Waals surface area contributed by atoms with Gasteiger partial charge in [0.25, 0.3) is 5.91 Å². The average Bonchev–Trinajstić information content (AvgIpc) is 3.18. The van der Waals surface area contributed by atoms with Gasteiger partial charge >= 0.3 is 5.97 Å². The zero-order valence-corrected chi connectivity index (χ0v) is 20.3. The number of benzene rings is 1. The summed E-state index contributed by atoms with van der Waals surface area (Å²) in [6.45, 7) is 9.58. The number of carboxylic acids is 1. The van der Waals surface area contributed by atoms with Gasteiger partial charge in [-0.1, -0.05) is 31.9 Å². The van der Waals surface area contributed by atoms with Crippen LogP contribution in [0.25, 0.3) is 11.4 Å². The maximum atomic E-state index is 13.1. The molecule has 174 valence electrons. The van der Waals surface area contributed by atoms with E-state index in [4.69, 9.17) is 4.98 Å². The molecule has 8 heteroatoms. The SMILES string of the molecule is CCCCCn1cc(C(=O)N2CCN(C)CC2)nc1-c1ccc(SC(C)(C)C(=O)O)cc1. The first-order valence-electron chi connectivity index (χ1n) is 11.3. The lowest BCUT2D eigenvalue weighted by molar-refractivity contribution is -0.138. The Morgan fingerprint density at radius 1 is 1.09 bits per heavy atom. The predicted octanol–water partition coefficient (Wildman–Crippen LogP) is 4.08. The largest absolute Gasteiger partial charge is 0.480 e. The van der Waals surface area contributed by atoms with Crippen molar-refractivity contribution < 1.29 is 14.7 Å². The van der Waals surface area contributed by atoms with Crippen LogP contribution in [0.5, 0.6) is 0 Å². The van der Waals surface area contributed by atoms with Crippen molar-refractivity contribution in [2.45, 2.75) is 56.2 Å². The van der Waals surface area contributed by atoms with Gasteiger partial charge in [0.1, 0.15) is 16.3 Å². The summed E-state index contributed by atoms with van der Waals surface area (Å²) in [5, 5.41) is 9.38. The minimum Gasteiger partial charge on any atom is -0.480 e. The molecule has 0 spiro atoms. The van der Waals surface area contributed by atoms with Crippen molar-refractivity contribution in [2.75, 3.05) is 33.2 Å². The lowest BCUT2D eigenvalue weighted by atomic mass is 10.2. The van der Waals surface area contributed by atoms with Gasteiger partial charge in [-0.25, -0.2) is 4.98 Å². The summed E-state index contributed by atoms with van der Waals surface area (Å²) >= 11 is 1.32. The number of amides is 1. The fraction of sp³-hybridized carbons (Fsp3) is 0.542. The molecule has 0 bridgehead atoms. The van der Waals surface area contributed by atoms with Gasteiger partial charge in [-0.15, -0.1) is 11.8 Å². The molecule has 7 nitrogen and oxygen atoms in total. The number of piperazine rings is 1. The van der Waals surface area contributed by atoms with Crippen LogP contribution in [0.4, 0.5) is 0 Å². The lowest BCUT2D eigenvalue weighted by Gasteiger charge is -2.31. The van der Waals surface area contributed by atoms with Crippen molar-refractivity contribution in [1.82, 2.24) is 19.4 Å². The number of likely N-dealkylation sites (N-methyl/N-ethyl adjacent to an activating group) is 1. The number of aryl methyl sites for hydroxylation is 1. The van der Waals surface area contributed by atoms with Crippen LogP contribution in [-0.4, -0.2) is 74.3 Å². The van der Waals surface area contributed by atoms with E-state index in [1.807, 2.05) is 35.4 Å². The summed E-state index contributed by atoms with van der Waals surface area (Å²) in [4.78, 5) is 34.2. The Morgan fingerprint density at radius 3 is 2.34 bits per heavy atom. The molecule has 1 fully saturated rings. The van der Waals surface area contributed by atoms with Crippen LogP contribution >= 0.6 is 11.8 Å². The lowest BCUT2D eigenvalue weighted by Crippen LogP contribution is -2.47. The molecule has 1 aromatic heterocycles. The van der Waals surface area contributed by atoms with E-state index in [1.54, 1.807) is 13.8 Å². The van der Waals surface area contributed by atoms with Crippen LogP contribution < -0.4 is 0 Å². The number of carbonyl (C=O) groups excluding carboxylic acids is 1. The predicted molar refractivity (Wildman–Crippen MR) is 128 cm³/mol. The van der Waals surface area contributed by atoms with Gasteiger partial charge in [-0.3, -0.25) is 9.59 Å². The number of carboxylic acid groups (broad SMARTS) is 1. The monoisotopic (exact) mass is 458 g/mol. The standard InChI is InChI=1S/C24H34N4O3S/c1-5-6-7-12-28-17-20(22(29)27-15-13-26(4)14-16-27)25-21(28)18-8-10-19(11-9-18)32-24(2,3)23(30)31/h8-11,17H,5-7,12-16H2,1-4H3,(H,30,31). The number of unbranched alkanes of at least 4 members (excludes halogenated alkanes) is 2. The fourth-order valence-corrected chi connectivity index (χ4v) is 4.58. The highest BCUT2D eigenvalue weighted by molar-refractivity contribution is 8.01. The number of aromatic nitrogens is 2. The maximum absolute atomic E-state index is 13.1. The first-order chi connectivity index (χ1) is 15.2. The topological polar surface area (TPSA) is 78.7 Å². The molecule has 0 unspecified atom stereocenters. The van der Waals surface area contributed by atoms with Crippen molar-refractivity contribution in [3.8, 4) is 11.4 Å². The molecule has 32 heavy (non-hydrogen) atoms. The average molecular weight is 459 g/mol. The van der Waals surface area contributed by atoms with Crippen LogP contribution in [0.15, 0.2) is 35.4 Å². The van der Waals surface area contributed by atoms with E-state index >= 15 is 0 Å². The molecule has 1 aliphatic heterocycles. The van der Waals surface area contributed by atoms with Gasteiger partial charge in [0.05, 0.1) is 0 Å². The minimum atomic E-state index is -0.901. The summed E-state index contributed by atoms with van der Waals surface area (Å²) in [5.74, 6) is -0.0679. The van der Waals surface area contributed by atoms with E-state index in [1.165, 1.54) is 11.8 Å². The Kier molecular flexibility index (Phi) is 8.00. The zero-order chi connectivity index (χ0) is 23.3. The Bertz CT molecular complexity index is 931. The van der Waals surface area contributed by atoms with Crippen LogP contribution in [-0.2, 0) is 11.3 Å². The first kappa shape index (κ1) is 24.3. The molecular weight excluding hydrogens is 424 g/mol. The molecular formula is C24H34N4O3S. The van der Waals surface area contributed by atoms with Gasteiger partial charge in [-0.05, 0) is 39.4 Å². The molecule has 1 aromatic carbocycles. The highest BCUT2D eigenvalue weighted by atomic mass is 32.2. The third-order valence-electron chi connectivity index (χ3n) is 5.79. The van der Waals surface area contributed by atoms with E-state index in [-0.39, 0.29) is 5.91 Å². The zero-order valence-electron chi connectivity index (χ0n) is 19.5. The van der Waals surface area contributed by atoms with Gasteiger partial charge in [-0.2, -0.15) is 0 Å². The number of hydrogen-bond acceptors (Lipinski definition) is 5. The second-order valence-corrected chi connectivity index (χ2v) is 10.6. The van der Waals surface area contributed by atoms with Gasteiger partial charge < -0.3 is 19.5 Å². The summed E-state index contributed by atoms with van der Waals surface area (Å²) < 4.78 is 1.19. The normalized spacial score (nSPS) is 15.2. The second-order valence-electron chi connectivity index (χ2n) is 8.89. The third kappa shape index (κ3) is 5.92. The summed E-state index contributed by atoms with van der Waals surface area (Å²) in [6, 6.07) is 7.78. The molecule has 1 aliphatic rings. The molecule has 0 radical (unpaired) electrons. The van der Waals surface area contributed by atoms with Crippen LogP contribution in [0.3, 0.4) is 0 Å². The van der Waals surface area contributed by atoms with E-state index < -0.39 is 10.7 Å². The van der Waals surface area contributed by atoms with Gasteiger partial charge in [0.15, 0.2) is 0 Å². The molecule has 1 amide bonds. The quantitative estimate of drug-likeness (QED) is 0.451. The fourth-order valence-electron chi connectivity index (χ4n) is 3.63. The molecule has 2 heterocycles. The number of carbonyl (C=O) groups is 2. The minimum absolute atomic E-state index is 0.0102. The summed E-state index contributed by atoms with van der Waals surface area (Å²) in [6.07, 6.45) is 5.17. The Balaban J connectivity index is 1.83. The molecule has 0 aliphatic carbocycles.